The van der Waals surface area contributed by atoms with Crippen molar-refractivity contribution in [2.45, 2.75) is 6.54 Å². The Hall–Kier alpha value is -2.43. The summed E-state index contributed by atoms with van der Waals surface area (Å²) in [6.07, 6.45) is 0. The molecule has 0 aliphatic carbocycles. The molecule has 2 aromatic carbocycles. The minimum atomic E-state index is -0.587. The molecule has 19 heavy (non-hydrogen) atoms. The highest BCUT2D eigenvalue weighted by Gasteiger charge is 2.09. The summed E-state index contributed by atoms with van der Waals surface area (Å²) in [6.45, 7) is 0.0297. The molecule has 0 aromatic heterocycles. The summed E-state index contributed by atoms with van der Waals surface area (Å²) in [4.78, 5) is 11.8. The van der Waals surface area contributed by atoms with Gasteiger partial charge in [0.15, 0.2) is 0 Å². The summed E-state index contributed by atoms with van der Waals surface area (Å²) in [6, 6.07) is 9.66. The van der Waals surface area contributed by atoms with Crippen LogP contribution in [0.1, 0.15) is 15.9 Å². The zero-order valence-electron chi connectivity index (χ0n) is 9.99. The van der Waals surface area contributed by atoms with E-state index in [-0.39, 0.29) is 17.8 Å². The second kappa shape index (κ2) is 5.48. The third-order valence-corrected chi connectivity index (χ3v) is 2.58. The highest BCUT2D eigenvalue weighted by molar-refractivity contribution is 5.95. The molecule has 0 fully saturated rings. The number of amides is 1. The quantitative estimate of drug-likeness (QED) is 0.835. The Kier molecular flexibility index (Phi) is 3.75. The summed E-state index contributed by atoms with van der Waals surface area (Å²) in [5, 5.41) is 2.51. The van der Waals surface area contributed by atoms with E-state index in [4.69, 9.17) is 5.73 Å². The third-order valence-electron chi connectivity index (χ3n) is 2.58. The average molecular weight is 262 g/mol. The SMILES string of the molecule is Nc1cc(F)cc(C(=O)NCc2ccccc2F)c1. The molecular weight excluding hydrogens is 250 g/mol. The summed E-state index contributed by atoms with van der Waals surface area (Å²) in [7, 11) is 0. The van der Waals surface area contributed by atoms with Gasteiger partial charge in [-0.25, -0.2) is 8.78 Å². The van der Waals surface area contributed by atoms with Crippen molar-refractivity contribution < 1.29 is 13.6 Å². The third kappa shape index (κ3) is 3.28. The normalized spacial score (nSPS) is 10.2. The zero-order chi connectivity index (χ0) is 13.8. The van der Waals surface area contributed by atoms with Gasteiger partial charge in [-0.1, -0.05) is 18.2 Å². The van der Waals surface area contributed by atoms with Gasteiger partial charge in [0, 0.05) is 23.4 Å². The average Bonchev–Trinajstić information content (AvgIpc) is 2.36. The predicted molar refractivity (Wildman–Crippen MR) is 68.4 cm³/mol. The fourth-order valence-electron chi connectivity index (χ4n) is 1.66. The number of rotatable bonds is 3. The topological polar surface area (TPSA) is 55.1 Å². The number of nitrogens with one attached hydrogen (secondary N) is 1. The molecule has 3 nitrogen and oxygen atoms in total. The van der Waals surface area contributed by atoms with Gasteiger partial charge in [-0.15, -0.1) is 0 Å². The van der Waals surface area contributed by atoms with E-state index in [0.29, 0.717) is 5.56 Å². The first kappa shape index (κ1) is 13.0. The molecule has 0 unspecified atom stereocenters. The van der Waals surface area contributed by atoms with E-state index < -0.39 is 17.5 Å². The fourth-order valence-corrected chi connectivity index (χ4v) is 1.66. The number of hydrogen-bond acceptors (Lipinski definition) is 2. The first-order chi connectivity index (χ1) is 9.06. The van der Waals surface area contributed by atoms with Crippen molar-refractivity contribution in [3.63, 3.8) is 0 Å². The molecule has 0 saturated heterocycles. The van der Waals surface area contributed by atoms with Gasteiger partial charge in [0.2, 0.25) is 0 Å². The molecule has 0 atom stereocenters. The first-order valence-electron chi connectivity index (χ1n) is 5.64. The highest BCUT2D eigenvalue weighted by atomic mass is 19.1. The van der Waals surface area contributed by atoms with Gasteiger partial charge < -0.3 is 11.1 Å². The number of benzene rings is 2. The summed E-state index contributed by atoms with van der Waals surface area (Å²) in [5.41, 5.74) is 6.08. The minimum Gasteiger partial charge on any atom is -0.399 e. The van der Waals surface area contributed by atoms with Crippen LogP contribution in [0.2, 0.25) is 0 Å². The van der Waals surface area contributed by atoms with Crippen molar-refractivity contribution in [2.75, 3.05) is 5.73 Å². The number of nitrogens with two attached hydrogens (primary N) is 1. The maximum Gasteiger partial charge on any atom is 0.251 e. The second-order valence-corrected chi connectivity index (χ2v) is 4.05. The molecule has 0 aliphatic rings. The molecule has 0 saturated carbocycles. The van der Waals surface area contributed by atoms with Crippen molar-refractivity contribution in [3.05, 3.63) is 65.2 Å². The largest absolute Gasteiger partial charge is 0.399 e. The molecule has 98 valence electrons. The van der Waals surface area contributed by atoms with Gasteiger partial charge >= 0.3 is 0 Å². The van der Waals surface area contributed by atoms with E-state index in [1.165, 1.54) is 12.1 Å². The van der Waals surface area contributed by atoms with E-state index in [1.807, 2.05) is 0 Å². The molecule has 2 aromatic rings. The van der Waals surface area contributed by atoms with Crippen LogP contribution < -0.4 is 11.1 Å². The lowest BCUT2D eigenvalue weighted by Crippen LogP contribution is -2.23. The number of anilines is 1. The second-order valence-electron chi connectivity index (χ2n) is 4.05. The number of carbonyl (C=O) groups is 1. The maximum absolute atomic E-state index is 13.3. The molecule has 1 amide bonds. The number of nitrogen functional groups attached to an aromatic ring is 1. The van der Waals surface area contributed by atoms with E-state index >= 15 is 0 Å². The molecule has 0 aliphatic heterocycles. The fraction of sp³-hybridized carbons (Fsp3) is 0.0714. The molecule has 5 heteroatoms. The van der Waals surface area contributed by atoms with Crippen LogP contribution in [0.25, 0.3) is 0 Å². The number of carbonyl (C=O) groups excluding carboxylic acids is 1. The van der Waals surface area contributed by atoms with E-state index in [1.54, 1.807) is 18.2 Å². The molecule has 0 spiro atoms. The molecule has 0 bridgehead atoms. The summed E-state index contributed by atoms with van der Waals surface area (Å²) >= 11 is 0. The van der Waals surface area contributed by atoms with Crippen LogP contribution in [0.15, 0.2) is 42.5 Å². The van der Waals surface area contributed by atoms with Crippen LogP contribution in [0.5, 0.6) is 0 Å². The minimum absolute atomic E-state index is 0.0297. The van der Waals surface area contributed by atoms with Gasteiger partial charge in [-0.3, -0.25) is 4.79 Å². The molecule has 2 rings (SSSR count). The lowest BCUT2D eigenvalue weighted by molar-refractivity contribution is 0.0950. The Balaban J connectivity index is 2.08. The van der Waals surface area contributed by atoms with Crippen molar-refractivity contribution >= 4 is 11.6 Å². The van der Waals surface area contributed by atoms with Crippen molar-refractivity contribution in [2.24, 2.45) is 0 Å². The summed E-state index contributed by atoms with van der Waals surface area (Å²) in [5.74, 6) is -1.49. The van der Waals surface area contributed by atoms with Crippen molar-refractivity contribution in [3.8, 4) is 0 Å². The molecule has 0 heterocycles. The molecule has 0 radical (unpaired) electrons. The number of halogens is 2. The van der Waals surface area contributed by atoms with Crippen LogP contribution in [0.3, 0.4) is 0 Å². The van der Waals surface area contributed by atoms with Gasteiger partial charge in [-0.05, 0) is 24.3 Å². The van der Waals surface area contributed by atoms with Crippen LogP contribution in [0.4, 0.5) is 14.5 Å². The van der Waals surface area contributed by atoms with Crippen molar-refractivity contribution in [1.82, 2.24) is 5.32 Å². The van der Waals surface area contributed by atoms with E-state index in [0.717, 1.165) is 12.1 Å². The maximum atomic E-state index is 13.3. The van der Waals surface area contributed by atoms with Gasteiger partial charge in [0.1, 0.15) is 11.6 Å². The predicted octanol–water partition coefficient (Wildman–Crippen LogP) is 2.48. The lowest BCUT2D eigenvalue weighted by Gasteiger charge is -2.07. The smallest absolute Gasteiger partial charge is 0.251 e. The van der Waals surface area contributed by atoms with E-state index in [2.05, 4.69) is 5.32 Å². The Labute approximate surface area is 109 Å². The van der Waals surface area contributed by atoms with E-state index in [9.17, 15) is 13.6 Å². The van der Waals surface area contributed by atoms with Crippen LogP contribution in [-0.2, 0) is 6.54 Å². The Morgan fingerprint density at radius 1 is 1.16 bits per heavy atom. The van der Waals surface area contributed by atoms with Crippen molar-refractivity contribution in [1.29, 1.82) is 0 Å². The van der Waals surface area contributed by atoms with Crippen LogP contribution in [0, 0.1) is 11.6 Å². The monoisotopic (exact) mass is 262 g/mol. The molecule has 3 N–H and O–H groups in total. The standard InChI is InChI=1S/C14H12F2N2O/c15-11-5-10(6-12(17)7-11)14(19)18-8-9-3-1-2-4-13(9)16/h1-7H,8,17H2,(H,18,19). The lowest BCUT2D eigenvalue weighted by atomic mass is 10.1. The Morgan fingerprint density at radius 2 is 1.89 bits per heavy atom. The Bertz CT molecular complexity index is 594. The van der Waals surface area contributed by atoms with Crippen LogP contribution in [-0.4, -0.2) is 5.91 Å². The highest BCUT2D eigenvalue weighted by Crippen LogP contribution is 2.11. The van der Waals surface area contributed by atoms with Gasteiger partial charge in [0.25, 0.3) is 5.91 Å². The zero-order valence-corrected chi connectivity index (χ0v) is 9.99. The Morgan fingerprint density at radius 3 is 2.58 bits per heavy atom. The van der Waals surface area contributed by atoms with Crippen LogP contribution >= 0.6 is 0 Å². The van der Waals surface area contributed by atoms with Gasteiger partial charge in [0.05, 0.1) is 0 Å². The first-order valence-corrected chi connectivity index (χ1v) is 5.64. The number of hydrogen-bond donors (Lipinski definition) is 2. The molecular formula is C14H12F2N2O. The van der Waals surface area contributed by atoms with Gasteiger partial charge in [-0.2, -0.15) is 0 Å². The summed E-state index contributed by atoms with van der Waals surface area (Å²) < 4.78 is 26.4.